The summed E-state index contributed by atoms with van der Waals surface area (Å²) in [5.74, 6) is 0.368. The average molecular weight is 683 g/mol. The van der Waals surface area contributed by atoms with Crippen LogP contribution in [-0.2, 0) is 46.2 Å². The van der Waals surface area contributed by atoms with Crippen molar-refractivity contribution >= 4 is 61.3 Å². The molecule has 0 aliphatic carbocycles. The first-order valence-corrected chi connectivity index (χ1v) is 17.5. The summed E-state index contributed by atoms with van der Waals surface area (Å²) < 4.78 is 79.0. The van der Waals surface area contributed by atoms with Crippen molar-refractivity contribution in [3.05, 3.63) is 25.3 Å². The van der Waals surface area contributed by atoms with Gasteiger partial charge in [0.15, 0.2) is 35.4 Å². The maximum atomic E-state index is 13.8. The van der Waals surface area contributed by atoms with E-state index in [4.69, 9.17) is 48.5 Å². The zero-order chi connectivity index (χ0) is 30.7. The molecule has 4 aromatic heterocycles. The van der Waals surface area contributed by atoms with Crippen molar-refractivity contribution in [2.24, 2.45) is 0 Å². The van der Waals surface area contributed by atoms with Crippen molar-refractivity contribution in [2.45, 2.75) is 48.1 Å². The van der Waals surface area contributed by atoms with E-state index < -0.39 is 63.1 Å². The smallest absolute Gasteiger partial charge is 0.382 e. The van der Waals surface area contributed by atoms with Gasteiger partial charge in [-0.15, -0.1) is 0 Å². The topological polar surface area (TPSA) is 247 Å². The molecule has 4 bridgehead atoms. The number of ether oxygens (including phenoxy) is 4. The van der Waals surface area contributed by atoms with Crippen molar-refractivity contribution in [2.75, 3.05) is 37.9 Å². The van der Waals surface area contributed by atoms with Gasteiger partial charge in [-0.25, -0.2) is 34.5 Å². The molecule has 0 spiro atoms. The van der Waals surface area contributed by atoms with Gasteiger partial charge in [-0.1, -0.05) is 12.2 Å². The third-order valence-corrected chi connectivity index (χ3v) is 11.1. The van der Waals surface area contributed by atoms with Crippen molar-refractivity contribution < 1.29 is 46.2 Å². The monoisotopic (exact) mass is 682 g/mol. The summed E-state index contributed by atoms with van der Waals surface area (Å²) in [5.41, 5.74) is 10.7. The number of thiol groups is 1. The number of aromatic nitrogens is 8. The third kappa shape index (κ3) is 4.17. The van der Waals surface area contributed by atoms with E-state index >= 15 is 0 Å². The van der Waals surface area contributed by atoms with Crippen LogP contribution in [0.2, 0.25) is 0 Å². The Morgan fingerprint density at radius 1 is 0.822 bits per heavy atom. The van der Waals surface area contributed by atoms with Gasteiger partial charge >= 0.3 is 15.1 Å². The van der Waals surface area contributed by atoms with Crippen molar-refractivity contribution in [3.63, 3.8) is 0 Å². The van der Waals surface area contributed by atoms with Gasteiger partial charge in [0.25, 0.3) is 0 Å². The standard InChI is InChI=1S/C22H24N10O10P2S/c23-15-9-17(27-5-25-15)31(7-29-9)19-11-13-22(40-19,2-35-11)4-38-44(34,45)42-14-12-20(32-8-30-10-16(24)26-6-28-18(10)32)39-21(14,1-36-12)3-37-43(33)41-13/h5-8,11-14,19-20,43H,1-4H2,(H,34,45)(H2,23,25,27)(H2,24,26,28)/t11-,12-,13+,14+,19-,20-,21-,22-,44+/m1/s1. The van der Waals surface area contributed by atoms with Crippen LogP contribution < -0.4 is 11.5 Å². The van der Waals surface area contributed by atoms with Gasteiger partial charge in [0.2, 0.25) is 0 Å². The average Bonchev–Trinajstić information content (AvgIpc) is 3.86. The molecule has 4 N–H and O–H groups in total. The van der Waals surface area contributed by atoms with E-state index in [0.717, 1.165) is 0 Å². The lowest BCUT2D eigenvalue weighted by atomic mass is 10.0. The molecule has 45 heavy (non-hydrogen) atoms. The molecule has 0 radical (unpaired) electrons. The Balaban J connectivity index is 1.03. The summed E-state index contributed by atoms with van der Waals surface area (Å²) in [6, 6.07) is 0. The Labute approximate surface area is 257 Å². The van der Waals surface area contributed by atoms with Crippen LogP contribution >= 0.6 is 27.3 Å². The number of nitrogens with two attached hydrogens (primary N) is 2. The predicted octanol–water partition coefficient (Wildman–Crippen LogP) is 0.408. The molecule has 5 fully saturated rings. The minimum absolute atomic E-state index is 0.0332. The summed E-state index contributed by atoms with van der Waals surface area (Å²) in [6.07, 6.45) is 0.200. The minimum Gasteiger partial charge on any atom is -0.382 e. The molecule has 23 heteroatoms. The fraction of sp³-hybridized carbons (Fsp3) is 0.545. The van der Waals surface area contributed by atoms with Gasteiger partial charge in [-0.3, -0.25) is 22.7 Å². The SMILES string of the molecule is Nc1ncnc2c1ncn2[C@@H]1O[C@@]23CO[C@@H]1[C@@H]2O[PH](=O)OC[C@@]12CO[C@@H]([C@H](n4cnc5c(N)ncnc54)O1)[C@@H]2O[P@@](=O)(S)OC3. The van der Waals surface area contributed by atoms with Crippen LogP contribution in [-0.4, -0.2) is 101 Å². The number of imidazole rings is 2. The van der Waals surface area contributed by atoms with Gasteiger partial charge in [-0.05, 0) is 0 Å². The van der Waals surface area contributed by atoms with Gasteiger partial charge < -0.3 is 39.5 Å². The molecule has 10 atom stereocenters. The van der Waals surface area contributed by atoms with Crippen LogP contribution in [0.1, 0.15) is 12.5 Å². The normalized spacial score (nSPS) is 41.2. The molecule has 5 saturated heterocycles. The van der Waals surface area contributed by atoms with Crippen LogP contribution in [0.5, 0.6) is 0 Å². The van der Waals surface area contributed by atoms with E-state index in [2.05, 4.69) is 42.2 Å². The first kappa shape index (κ1) is 28.4. The Bertz CT molecular complexity index is 1930. The summed E-state index contributed by atoms with van der Waals surface area (Å²) in [4.78, 5) is 25.1. The maximum Gasteiger partial charge on any atom is 0.386 e. The summed E-state index contributed by atoms with van der Waals surface area (Å²) in [7, 11) is -3.22. The molecular weight excluding hydrogens is 658 g/mol. The zero-order valence-electron chi connectivity index (χ0n) is 22.8. The van der Waals surface area contributed by atoms with Crippen molar-refractivity contribution in [3.8, 4) is 0 Å². The fourth-order valence-corrected chi connectivity index (χ4v) is 9.07. The highest BCUT2D eigenvalue weighted by Gasteiger charge is 2.67. The lowest BCUT2D eigenvalue weighted by Gasteiger charge is -2.34. The highest BCUT2D eigenvalue weighted by atomic mass is 32.7. The number of nitrogens with zero attached hydrogens (tertiary/aromatic N) is 8. The first-order valence-electron chi connectivity index (χ1n) is 13.6. The molecule has 0 saturated carbocycles. The van der Waals surface area contributed by atoms with E-state index in [0.29, 0.717) is 22.3 Å². The van der Waals surface area contributed by atoms with Gasteiger partial charge in [-0.2, -0.15) is 0 Å². The van der Waals surface area contributed by atoms with E-state index in [9.17, 15) is 9.13 Å². The van der Waals surface area contributed by atoms with Crippen molar-refractivity contribution in [1.29, 1.82) is 0 Å². The molecule has 5 aliphatic rings. The minimum atomic E-state index is -4.14. The molecular formula is C22H24N10O10P2S. The van der Waals surface area contributed by atoms with Crippen LogP contribution in [0.4, 0.5) is 11.6 Å². The second kappa shape index (κ2) is 9.85. The first-order chi connectivity index (χ1) is 21.7. The van der Waals surface area contributed by atoms with Gasteiger partial charge in [0.1, 0.15) is 59.3 Å². The Morgan fingerprint density at radius 2 is 1.38 bits per heavy atom. The van der Waals surface area contributed by atoms with Crippen LogP contribution in [0.25, 0.3) is 22.3 Å². The highest BCUT2D eigenvalue weighted by Crippen LogP contribution is 2.62. The number of hydrogen-bond acceptors (Lipinski definition) is 18. The molecule has 238 valence electrons. The van der Waals surface area contributed by atoms with Crippen LogP contribution in [0, 0.1) is 0 Å². The summed E-state index contributed by atoms with van der Waals surface area (Å²) in [5, 5.41) is 0. The van der Waals surface area contributed by atoms with Crippen LogP contribution in [0.3, 0.4) is 0 Å². The van der Waals surface area contributed by atoms with Crippen molar-refractivity contribution in [1.82, 2.24) is 39.0 Å². The predicted molar refractivity (Wildman–Crippen MR) is 152 cm³/mol. The van der Waals surface area contributed by atoms with E-state index in [1.807, 2.05) is 0 Å². The summed E-state index contributed by atoms with van der Waals surface area (Å²) in [6.45, 7) is -4.88. The number of fused-ring (bicyclic) bond motifs is 2. The highest BCUT2D eigenvalue weighted by molar-refractivity contribution is 8.44. The lowest BCUT2D eigenvalue weighted by Crippen LogP contribution is -2.47. The van der Waals surface area contributed by atoms with E-state index in [1.165, 1.54) is 25.3 Å². The number of nitrogen functional groups attached to an aromatic ring is 2. The molecule has 4 aromatic rings. The lowest BCUT2D eigenvalue weighted by molar-refractivity contribution is -0.186. The zero-order valence-corrected chi connectivity index (χ0v) is 25.6. The quantitative estimate of drug-likeness (QED) is 0.191. The Morgan fingerprint density at radius 3 is 1.98 bits per heavy atom. The molecule has 1 unspecified atom stereocenters. The van der Waals surface area contributed by atoms with E-state index in [-0.39, 0.29) is 38.1 Å². The Hall–Kier alpha value is -2.81. The number of anilines is 2. The molecule has 20 nitrogen and oxygen atoms in total. The molecule has 9 heterocycles. The number of hydrogen-bond donors (Lipinski definition) is 3. The van der Waals surface area contributed by atoms with Gasteiger partial charge in [0, 0.05) is 0 Å². The Kier molecular flexibility index (Phi) is 6.22. The second-order valence-electron chi connectivity index (χ2n) is 11.2. The molecule has 5 aliphatic heterocycles. The van der Waals surface area contributed by atoms with Crippen LogP contribution in [0.15, 0.2) is 25.3 Å². The maximum absolute atomic E-state index is 13.8. The molecule has 0 aromatic carbocycles. The molecule has 9 rings (SSSR count). The molecule has 0 amide bonds. The third-order valence-electron chi connectivity index (χ3n) is 8.65. The fourth-order valence-electron chi connectivity index (χ4n) is 6.57. The summed E-state index contributed by atoms with van der Waals surface area (Å²) >= 11 is 4.29. The van der Waals surface area contributed by atoms with E-state index in [1.54, 1.807) is 9.13 Å². The number of rotatable bonds is 2. The van der Waals surface area contributed by atoms with Gasteiger partial charge in [0.05, 0.1) is 39.1 Å². The second-order valence-corrected chi connectivity index (χ2v) is 15.1. The largest absolute Gasteiger partial charge is 0.386 e.